The van der Waals surface area contributed by atoms with E-state index in [0.29, 0.717) is 4.47 Å². The number of halogens is 2. The summed E-state index contributed by atoms with van der Waals surface area (Å²) in [6, 6.07) is 3.28. The van der Waals surface area contributed by atoms with Crippen molar-refractivity contribution in [3.05, 3.63) is 28.5 Å². The zero-order valence-corrected chi connectivity index (χ0v) is 10.1. The highest BCUT2D eigenvalue weighted by Gasteiger charge is 2.18. The number of anilines is 1. The van der Waals surface area contributed by atoms with E-state index < -0.39 is 17.8 Å². The summed E-state index contributed by atoms with van der Waals surface area (Å²) in [5, 5.41) is 11.4. The lowest BCUT2D eigenvalue weighted by Gasteiger charge is -2.15. The molecule has 0 spiro atoms. The number of nitrogens with one attached hydrogen (secondary N) is 1. The molecule has 1 aromatic carbocycles. The van der Waals surface area contributed by atoms with E-state index in [2.05, 4.69) is 21.2 Å². The summed E-state index contributed by atoms with van der Waals surface area (Å²) < 4.78 is 18.7. The minimum Gasteiger partial charge on any atom is -0.480 e. The summed E-state index contributed by atoms with van der Waals surface area (Å²) in [4.78, 5) is 10.8. The standard InChI is InChI=1S/C10H11BrFNO3/c1-16-5-9(10(14)15)13-8-4-6(11)2-3-7(8)12/h2-4,9,13H,5H2,1H3,(H,14,15). The number of ether oxygens (including phenoxy) is 1. The van der Waals surface area contributed by atoms with Crippen molar-refractivity contribution in [1.29, 1.82) is 0 Å². The summed E-state index contributed by atoms with van der Waals surface area (Å²) in [5.41, 5.74) is 0.124. The van der Waals surface area contributed by atoms with E-state index in [9.17, 15) is 9.18 Å². The third kappa shape index (κ3) is 3.46. The van der Waals surface area contributed by atoms with Crippen LogP contribution in [0.4, 0.5) is 10.1 Å². The van der Waals surface area contributed by atoms with Crippen molar-refractivity contribution in [2.24, 2.45) is 0 Å². The quantitative estimate of drug-likeness (QED) is 0.872. The first-order valence-corrected chi connectivity index (χ1v) is 5.27. The number of benzene rings is 1. The molecule has 0 aromatic heterocycles. The molecular formula is C10H11BrFNO3. The Kier molecular flexibility index (Phi) is 4.70. The molecule has 0 aliphatic rings. The maximum atomic E-state index is 13.3. The van der Waals surface area contributed by atoms with Crippen LogP contribution in [0.15, 0.2) is 22.7 Å². The van der Waals surface area contributed by atoms with Crippen LogP contribution in [-0.4, -0.2) is 30.8 Å². The average molecular weight is 292 g/mol. The molecule has 4 nitrogen and oxygen atoms in total. The fraction of sp³-hybridized carbons (Fsp3) is 0.300. The number of aliphatic carboxylic acids is 1. The van der Waals surface area contributed by atoms with Crippen LogP contribution in [0.2, 0.25) is 0 Å². The molecule has 1 aromatic rings. The molecular weight excluding hydrogens is 281 g/mol. The molecule has 1 unspecified atom stereocenters. The summed E-state index contributed by atoms with van der Waals surface area (Å²) in [5.74, 6) is -1.60. The van der Waals surface area contributed by atoms with Crippen LogP contribution in [0, 0.1) is 5.82 Å². The molecule has 1 rings (SSSR count). The van der Waals surface area contributed by atoms with Crippen molar-refractivity contribution in [1.82, 2.24) is 0 Å². The lowest BCUT2D eigenvalue weighted by atomic mass is 10.2. The highest BCUT2D eigenvalue weighted by Crippen LogP contribution is 2.20. The van der Waals surface area contributed by atoms with Gasteiger partial charge in [-0.2, -0.15) is 0 Å². The first-order valence-electron chi connectivity index (χ1n) is 4.48. The van der Waals surface area contributed by atoms with Gasteiger partial charge in [0.25, 0.3) is 0 Å². The Labute approximate surface area is 101 Å². The van der Waals surface area contributed by atoms with E-state index in [1.54, 1.807) is 0 Å². The predicted molar refractivity (Wildman–Crippen MR) is 61.0 cm³/mol. The third-order valence-corrected chi connectivity index (χ3v) is 2.38. The first-order chi connectivity index (χ1) is 7.54. The van der Waals surface area contributed by atoms with E-state index in [4.69, 9.17) is 9.84 Å². The second-order valence-electron chi connectivity index (χ2n) is 3.11. The SMILES string of the molecule is COCC(Nc1cc(Br)ccc1F)C(=O)O. The topological polar surface area (TPSA) is 58.6 Å². The minimum absolute atomic E-state index is 0.0404. The molecule has 0 saturated carbocycles. The van der Waals surface area contributed by atoms with Gasteiger partial charge in [0.15, 0.2) is 0 Å². The van der Waals surface area contributed by atoms with Crippen molar-refractivity contribution in [2.45, 2.75) is 6.04 Å². The second-order valence-corrected chi connectivity index (χ2v) is 4.03. The van der Waals surface area contributed by atoms with Crippen molar-refractivity contribution in [3.63, 3.8) is 0 Å². The molecule has 0 radical (unpaired) electrons. The van der Waals surface area contributed by atoms with Gasteiger partial charge in [0.1, 0.15) is 11.9 Å². The fourth-order valence-corrected chi connectivity index (χ4v) is 1.50. The molecule has 0 aliphatic carbocycles. The zero-order valence-electron chi connectivity index (χ0n) is 8.54. The van der Waals surface area contributed by atoms with Gasteiger partial charge in [0.05, 0.1) is 12.3 Å². The Balaban J connectivity index is 2.84. The number of carboxylic acid groups (broad SMARTS) is 1. The van der Waals surface area contributed by atoms with Gasteiger partial charge < -0.3 is 15.2 Å². The first kappa shape index (κ1) is 12.9. The van der Waals surface area contributed by atoms with Gasteiger partial charge in [-0.3, -0.25) is 0 Å². The number of methoxy groups -OCH3 is 1. The lowest BCUT2D eigenvalue weighted by Crippen LogP contribution is -2.33. The highest BCUT2D eigenvalue weighted by molar-refractivity contribution is 9.10. The van der Waals surface area contributed by atoms with E-state index in [1.807, 2.05) is 0 Å². The molecule has 0 heterocycles. The average Bonchev–Trinajstić information content (AvgIpc) is 2.22. The van der Waals surface area contributed by atoms with Crippen LogP contribution in [0.25, 0.3) is 0 Å². The molecule has 0 amide bonds. The highest BCUT2D eigenvalue weighted by atomic mass is 79.9. The van der Waals surface area contributed by atoms with Crippen LogP contribution in [-0.2, 0) is 9.53 Å². The van der Waals surface area contributed by atoms with Crippen molar-refractivity contribution in [3.8, 4) is 0 Å². The smallest absolute Gasteiger partial charge is 0.328 e. The third-order valence-electron chi connectivity index (χ3n) is 1.89. The fourth-order valence-electron chi connectivity index (χ4n) is 1.14. The normalized spacial score (nSPS) is 12.2. The van der Waals surface area contributed by atoms with Crippen LogP contribution < -0.4 is 5.32 Å². The van der Waals surface area contributed by atoms with Gasteiger partial charge in [-0.1, -0.05) is 15.9 Å². The van der Waals surface area contributed by atoms with Crippen LogP contribution in [0.5, 0.6) is 0 Å². The minimum atomic E-state index is -1.10. The van der Waals surface area contributed by atoms with Gasteiger partial charge in [-0.05, 0) is 18.2 Å². The molecule has 0 bridgehead atoms. The van der Waals surface area contributed by atoms with Gasteiger partial charge in [0.2, 0.25) is 0 Å². The van der Waals surface area contributed by atoms with Gasteiger partial charge in [-0.25, -0.2) is 9.18 Å². The summed E-state index contributed by atoms with van der Waals surface area (Å²) in [7, 11) is 1.38. The summed E-state index contributed by atoms with van der Waals surface area (Å²) >= 11 is 3.18. The number of carbonyl (C=O) groups is 1. The molecule has 1 atom stereocenters. The van der Waals surface area contributed by atoms with Crippen LogP contribution in [0.1, 0.15) is 0 Å². The molecule has 0 saturated heterocycles. The predicted octanol–water partition coefficient (Wildman–Crippen LogP) is 2.10. The van der Waals surface area contributed by atoms with E-state index in [-0.39, 0.29) is 12.3 Å². The van der Waals surface area contributed by atoms with Crippen LogP contribution in [0.3, 0.4) is 0 Å². The summed E-state index contributed by atoms with van der Waals surface area (Å²) in [6.07, 6.45) is 0. The number of hydrogen-bond acceptors (Lipinski definition) is 3. The number of carboxylic acids is 1. The Bertz CT molecular complexity index is 386. The molecule has 6 heteroatoms. The number of hydrogen-bond donors (Lipinski definition) is 2. The largest absolute Gasteiger partial charge is 0.480 e. The Morgan fingerprint density at radius 3 is 2.94 bits per heavy atom. The van der Waals surface area contributed by atoms with E-state index in [0.717, 1.165) is 0 Å². The molecule has 16 heavy (non-hydrogen) atoms. The Morgan fingerprint density at radius 2 is 2.38 bits per heavy atom. The van der Waals surface area contributed by atoms with Crippen LogP contribution >= 0.6 is 15.9 Å². The van der Waals surface area contributed by atoms with E-state index in [1.165, 1.54) is 25.3 Å². The van der Waals surface area contributed by atoms with Crippen molar-refractivity contribution >= 4 is 27.6 Å². The van der Waals surface area contributed by atoms with Crippen molar-refractivity contribution < 1.29 is 19.0 Å². The Morgan fingerprint density at radius 1 is 1.69 bits per heavy atom. The van der Waals surface area contributed by atoms with Crippen molar-refractivity contribution in [2.75, 3.05) is 19.0 Å². The second kappa shape index (κ2) is 5.81. The lowest BCUT2D eigenvalue weighted by molar-refractivity contribution is -0.139. The maximum Gasteiger partial charge on any atom is 0.328 e. The molecule has 88 valence electrons. The monoisotopic (exact) mass is 291 g/mol. The molecule has 0 fully saturated rings. The maximum absolute atomic E-state index is 13.3. The van der Waals surface area contributed by atoms with Gasteiger partial charge >= 0.3 is 5.97 Å². The van der Waals surface area contributed by atoms with Gasteiger partial charge in [0, 0.05) is 11.6 Å². The number of rotatable bonds is 5. The Hall–Kier alpha value is -1.14. The molecule has 2 N–H and O–H groups in total. The van der Waals surface area contributed by atoms with Gasteiger partial charge in [-0.15, -0.1) is 0 Å². The zero-order chi connectivity index (χ0) is 12.1. The summed E-state index contributed by atoms with van der Waals surface area (Å²) in [6.45, 7) is -0.0404. The van der Waals surface area contributed by atoms with E-state index >= 15 is 0 Å². The molecule has 0 aliphatic heterocycles.